The Bertz CT molecular complexity index is 409. The fourth-order valence-corrected chi connectivity index (χ4v) is 2.18. The predicted octanol–water partition coefficient (Wildman–Crippen LogP) is 2.78. The van der Waals surface area contributed by atoms with Crippen molar-refractivity contribution in [2.24, 2.45) is 5.73 Å². The number of hydrogen-bond donors (Lipinski definition) is 2. The molecule has 3 N–H and O–H groups in total. The molecule has 0 radical (unpaired) electrons. The number of rotatable bonds is 9. The molecule has 0 heterocycles. The summed E-state index contributed by atoms with van der Waals surface area (Å²) in [5, 5.41) is 2.92. The summed E-state index contributed by atoms with van der Waals surface area (Å²) in [6, 6.07) is 6.63. The molecule has 3 nitrogen and oxygen atoms in total. The van der Waals surface area contributed by atoms with Crippen molar-refractivity contribution in [3.8, 4) is 0 Å². The predicted molar refractivity (Wildman–Crippen MR) is 79.8 cm³/mol. The average Bonchev–Trinajstić information content (AvgIpc) is 2.41. The zero-order chi connectivity index (χ0) is 14.8. The van der Waals surface area contributed by atoms with Crippen LogP contribution < -0.4 is 11.1 Å². The smallest absolute Gasteiger partial charge is 0.220 e. The highest BCUT2D eigenvalue weighted by Crippen LogP contribution is 2.09. The molecule has 1 rings (SSSR count). The average molecular weight is 280 g/mol. The van der Waals surface area contributed by atoms with Gasteiger partial charge in [0.2, 0.25) is 5.91 Å². The van der Waals surface area contributed by atoms with E-state index in [0.717, 1.165) is 25.7 Å². The van der Waals surface area contributed by atoms with E-state index in [1.165, 1.54) is 6.07 Å². The molecule has 4 heteroatoms. The molecular weight excluding hydrogens is 255 g/mol. The zero-order valence-electron chi connectivity index (χ0n) is 12.2. The second kappa shape index (κ2) is 9.48. The Hall–Kier alpha value is -1.42. The van der Waals surface area contributed by atoms with E-state index in [2.05, 4.69) is 5.32 Å². The van der Waals surface area contributed by atoms with Gasteiger partial charge in [-0.25, -0.2) is 4.39 Å². The van der Waals surface area contributed by atoms with Crippen molar-refractivity contribution in [2.75, 3.05) is 6.54 Å². The summed E-state index contributed by atoms with van der Waals surface area (Å²) in [6.07, 6.45) is 5.07. The minimum atomic E-state index is -0.213. The highest BCUT2D eigenvalue weighted by molar-refractivity contribution is 5.76. The molecule has 1 atom stereocenters. The lowest BCUT2D eigenvalue weighted by Gasteiger charge is -2.14. The molecule has 1 aromatic rings. The van der Waals surface area contributed by atoms with Gasteiger partial charge in [0.05, 0.1) is 0 Å². The van der Waals surface area contributed by atoms with E-state index in [-0.39, 0.29) is 17.8 Å². The Morgan fingerprint density at radius 2 is 1.95 bits per heavy atom. The van der Waals surface area contributed by atoms with Crippen LogP contribution in [-0.4, -0.2) is 18.5 Å². The number of halogens is 1. The lowest BCUT2D eigenvalue weighted by atomic mass is 10.1. The Balaban J connectivity index is 2.23. The van der Waals surface area contributed by atoms with Gasteiger partial charge in [-0.1, -0.05) is 31.0 Å². The highest BCUT2D eigenvalue weighted by atomic mass is 19.1. The molecule has 0 fully saturated rings. The lowest BCUT2D eigenvalue weighted by Crippen LogP contribution is -2.34. The Morgan fingerprint density at radius 1 is 1.25 bits per heavy atom. The summed E-state index contributed by atoms with van der Waals surface area (Å²) < 4.78 is 13.5. The number of nitrogens with one attached hydrogen (secondary N) is 1. The summed E-state index contributed by atoms with van der Waals surface area (Å²) in [5.41, 5.74) is 6.05. The molecule has 0 saturated heterocycles. The molecule has 0 aliphatic rings. The number of nitrogens with two attached hydrogens (primary N) is 1. The largest absolute Gasteiger partial charge is 0.353 e. The number of carbonyl (C=O) groups is 1. The maximum Gasteiger partial charge on any atom is 0.220 e. The minimum Gasteiger partial charge on any atom is -0.353 e. The van der Waals surface area contributed by atoms with E-state index in [9.17, 15) is 9.18 Å². The van der Waals surface area contributed by atoms with Crippen molar-refractivity contribution in [1.29, 1.82) is 0 Å². The standard InChI is InChI=1S/C16H25FN2O/c1-13(12-14-8-5-6-9-15(14)17)19-16(20)10-4-2-3-7-11-18/h5-6,8-9,13H,2-4,7,10-12,18H2,1H3,(H,19,20). The topological polar surface area (TPSA) is 55.1 Å². The molecule has 1 amide bonds. The van der Waals surface area contributed by atoms with Crippen LogP contribution in [0.1, 0.15) is 44.6 Å². The molecule has 112 valence electrons. The zero-order valence-corrected chi connectivity index (χ0v) is 12.2. The maximum absolute atomic E-state index is 13.5. The highest BCUT2D eigenvalue weighted by Gasteiger charge is 2.10. The Labute approximate surface area is 120 Å². The molecule has 0 aliphatic carbocycles. The van der Waals surface area contributed by atoms with Gasteiger partial charge in [-0.05, 0) is 44.4 Å². The lowest BCUT2D eigenvalue weighted by molar-refractivity contribution is -0.121. The van der Waals surface area contributed by atoms with Gasteiger partial charge in [0.15, 0.2) is 0 Å². The first kappa shape index (κ1) is 16.6. The van der Waals surface area contributed by atoms with Crippen LogP contribution in [0.3, 0.4) is 0 Å². The first-order valence-corrected chi connectivity index (χ1v) is 7.36. The van der Waals surface area contributed by atoms with Crippen molar-refractivity contribution in [1.82, 2.24) is 5.32 Å². The molecule has 1 aromatic carbocycles. The van der Waals surface area contributed by atoms with E-state index in [4.69, 9.17) is 5.73 Å². The van der Waals surface area contributed by atoms with Crippen LogP contribution in [0.25, 0.3) is 0 Å². The number of hydrogen-bond acceptors (Lipinski definition) is 2. The molecule has 0 bridgehead atoms. The van der Waals surface area contributed by atoms with Crippen molar-refractivity contribution >= 4 is 5.91 Å². The second-order valence-electron chi connectivity index (χ2n) is 5.22. The first-order chi connectivity index (χ1) is 9.63. The quantitative estimate of drug-likeness (QED) is 0.683. The SMILES string of the molecule is CC(Cc1ccccc1F)NC(=O)CCCCCCN. The Kier molecular flexibility index (Phi) is 7.88. The fourth-order valence-electron chi connectivity index (χ4n) is 2.18. The van der Waals surface area contributed by atoms with Crippen LogP contribution in [0.15, 0.2) is 24.3 Å². The van der Waals surface area contributed by atoms with Gasteiger partial charge >= 0.3 is 0 Å². The van der Waals surface area contributed by atoms with Crippen LogP contribution in [0, 0.1) is 5.82 Å². The van der Waals surface area contributed by atoms with E-state index in [1.807, 2.05) is 13.0 Å². The molecule has 1 unspecified atom stereocenters. The van der Waals surface area contributed by atoms with Gasteiger partial charge in [-0.3, -0.25) is 4.79 Å². The van der Waals surface area contributed by atoms with Crippen LogP contribution in [0.5, 0.6) is 0 Å². The molecule has 0 aliphatic heterocycles. The van der Waals surface area contributed by atoms with E-state index < -0.39 is 0 Å². The van der Waals surface area contributed by atoms with Gasteiger partial charge in [-0.15, -0.1) is 0 Å². The van der Waals surface area contributed by atoms with Crippen molar-refractivity contribution < 1.29 is 9.18 Å². The van der Waals surface area contributed by atoms with Gasteiger partial charge in [0.25, 0.3) is 0 Å². The van der Waals surface area contributed by atoms with Crippen LogP contribution in [0.2, 0.25) is 0 Å². The monoisotopic (exact) mass is 280 g/mol. The van der Waals surface area contributed by atoms with Gasteiger partial charge in [-0.2, -0.15) is 0 Å². The second-order valence-corrected chi connectivity index (χ2v) is 5.22. The van der Waals surface area contributed by atoms with E-state index >= 15 is 0 Å². The summed E-state index contributed by atoms with van der Waals surface area (Å²) in [6.45, 7) is 2.62. The summed E-state index contributed by atoms with van der Waals surface area (Å²) in [5.74, 6) is -0.169. The number of unbranched alkanes of at least 4 members (excludes halogenated alkanes) is 3. The summed E-state index contributed by atoms with van der Waals surface area (Å²) in [7, 11) is 0. The van der Waals surface area contributed by atoms with Gasteiger partial charge in [0.1, 0.15) is 5.82 Å². The molecular formula is C16H25FN2O. The number of amides is 1. The fraction of sp³-hybridized carbons (Fsp3) is 0.562. The van der Waals surface area contributed by atoms with Crippen LogP contribution in [0.4, 0.5) is 4.39 Å². The van der Waals surface area contributed by atoms with Gasteiger partial charge < -0.3 is 11.1 Å². The van der Waals surface area contributed by atoms with Crippen LogP contribution >= 0.6 is 0 Å². The third-order valence-electron chi connectivity index (χ3n) is 3.25. The molecule has 0 saturated carbocycles. The maximum atomic E-state index is 13.5. The molecule has 0 aromatic heterocycles. The third-order valence-corrected chi connectivity index (χ3v) is 3.25. The normalized spacial score (nSPS) is 12.2. The summed E-state index contributed by atoms with van der Waals surface area (Å²) >= 11 is 0. The minimum absolute atomic E-state index is 0.0431. The van der Waals surface area contributed by atoms with Gasteiger partial charge in [0, 0.05) is 12.5 Å². The van der Waals surface area contributed by atoms with Crippen molar-refractivity contribution in [2.45, 2.75) is 51.5 Å². The molecule has 0 spiro atoms. The summed E-state index contributed by atoms with van der Waals surface area (Å²) in [4.78, 5) is 11.7. The van der Waals surface area contributed by atoms with Crippen LogP contribution in [-0.2, 0) is 11.2 Å². The molecule has 20 heavy (non-hydrogen) atoms. The Morgan fingerprint density at radius 3 is 2.65 bits per heavy atom. The number of benzene rings is 1. The van der Waals surface area contributed by atoms with E-state index in [1.54, 1.807) is 12.1 Å². The van der Waals surface area contributed by atoms with Crippen molar-refractivity contribution in [3.63, 3.8) is 0 Å². The van der Waals surface area contributed by atoms with E-state index in [0.29, 0.717) is 24.9 Å². The third kappa shape index (κ3) is 6.66. The number of carbonyl (C=O) groups excluding carboxylic acids is 1. The first-order valence-electron chi connectivity index (χ1n) is 7.36. The van der Waals surface area contributed by atoms with Crippen molar-refractivity contribution in [3.05, 3.63) is 35.6 Å².